The second-order valence-corrected chi connectivity index (χ2v) is 3.59. The molecule has 0 atom stereocenters. The van der Waals surface area contributed by atoms with Gasteiger partial charge in [0, 0.05) is 5.56 Å². The van der Waals surface area contributed by atoms with E-state index in [4.69, 9.17) is 9.84 Å². The Bertz CT molecular complexity index is 338. The average Bonchev–Trinajstić information content (AvgIpc) is 2.26. The Kier molecular flexibility index (Phi) is 5.36. The van der Waals surface area contributed by atoms with Crippen LogP contribution in [0.3, 0.4) is 0 Å². The largest absolute Gasteiger partial charge is 0.490 e. The maximum Gasteiger partial charge on any atom is 0.128 e. The summed E-state index contributed by atoms with van der Waals surface area (Å²) in [7, 11) is 0. The molecule has 4 nitrogen and oxygen atoms in total. The molecule has 88 valence electrons. The summed E-state index contributed by atoms with van der Waals surface area (Å²) in [5.41, 5.74) is 3.65. The molecule has 0 bridgehead atoms. The minimum absolute atomic E-state index is 0.0709. The van der Waals surface area contributed by atoms with E-state index in [2.05, 4.69) is 10.5 Å². The van der Waals surface area contributed by atoms with Gasteiger partial charge < -0.3 is 15.3 Å². The summed E-state index contributed by atoms with van der Waals surface area (Å²) in [5, 5.41) is 12.6. The van der Waals surface area contributed by atoms with Crippen molar-refractivity contribution < 1.29 is 9.84 Å². The van der Waals surface area contributed by atoms with Gasteiger partial charge in [0.15, 0.2) is 0 Å². The van der Waals surface area contributed by atoms with Crippen molar-refractivity contribution in [2.45, 2.75) is 20.0 Å². The van der Waals surface area contributed by atoms with Crippen LogP contribution in [0.4, 0.5) is 0 Å². The molecule has 0 saturated carbocycles. The first kappa shape index (κ1) is 12.5. The van der Waals surface area contributed by atoms with Crippen molar-refractivity contribution in [2.75, 3.05) is 13.2 Å². The quantitative estimate of drug-likeness (QED) is 0.434. The second-order valence-electron chi connectivity index (χ2n) is 3.59. The molecule has 16 heavy (non-hydrogen) atoms. The molecule has 0 spiro atoms. The SMILES string of the molecule is CC(C)Oc1ccccc1C=NNCCO. The van der Waals surface area contributed by atoms with Crippen molar-refractivity contribution >= 4 is 6.21 Å². The van der Waals surface area contributed by atoms with Crippen LogP contribution in [0, 0.1) is 0 Å². The molecule has 0 heterocycles. The van der Waals surface area contributed by atoms with Gasteiger partial charge in [0.1, 0.15) is 5.75 Å². The van der Waals surface area contributed by atoms with Crippen molar-refractivity contribution in [3.05, 3.63) is 29.8 Å². The van der Waals surface area contributed by atoms with Gasteiger partial charge in [-0.25, -0.2) is 0 Å². The highest BCUT2D eigenvalue weighted by atomic mass is 16.5. The first-order valence-corrected chi connectivity index (χ1v) is 5.36. The van der Waals surface area contributed by atoms with E-state index in [1.165, 1.54) is 0 Å². The van der Waals surface area contributed by atoms with Crippen LogP contribution in [0.1, 0.15) is 19.4 Å². The van der Waals surface area contributed by atoms with Gasteiger partial charge in [-0.3, -0.25) is 0 Å². The third kappa shape index (κ3) is 4.31. The topological polar surface area (TPSA) is 53.8 Å². The second kappa shape index (κ2) is 6.85. The number of aliphatic hydroxyl groups excluding tert-OH is 1. The van der Waals surface area contributed by atoms with Crippen molar-refractivity contribution in [1.82, 2.24) is 5.43 Å². The third-order valence-electron chi connectivity index (χ3n) is 1.80. The number of nitrogens with one attached hydrogen (secondary N) is 1. The molecule has 1 aromatic rings. The Morgan fingerprint density at radius 3 is 2.88 bits per heavy atom. The minimum atomic E-state index is 0.0709. The molecule has 1 aromatic carbocycles. The number of benzene rings is 1. The van der Waals surface area contributed by atoms with Gasteiger partial charge in [0.2, 0.25) is 0 Å². The monoisotopic (exact) mass is 222 g/mol. The van der Waals surface area contributed by atoms with Crippen LogP contribution in [0.2, 0.25) is 0 Å². The molecule has 0 saturated heterocycles. The zero-order valence-corrected chi connectivity index (χ0v) is 9.68. The molecular formula is C12H18N2O2. The average molecular weight is 222 g/mol. The van der Waals surface area contributed by atoms with Gasteiger partial charge in [0.25, 0.3) is 0 Å². The Labute approximate surface area is 95.9 Å². The molecule has 0 aliphatic carbocycles. The fourth-order valence-corrected chi connectivity index (χ4v) is 1.18. The van der Waals surface area contributed by atoms with E-state index in [-0.39, 0.29) is 12.7 Å². The fourth-order valence-electron chi connectivity index (χ4n) is 1.18. The maximum atomic E-state index is 8.58. The summed E-state index contributed by atoms with van der Waals surface area (Å²) in [4.78, 5) is 0. The van der Waals surface area contributed by atoms with Gasteiger partial charge in [-0.15, -0.1) is 0 Å². The van der Waals surface area contributed by atoms with E-state index < -0.39 is 0 Å². The molecule has 0 aromatic heterocycles. The first-order valence-electron chi connectivity index (χ1n) is 5.36. The van der Waals surface area contributed by atoms with Gasteiger partial charge in [-0.1, -0.05) is 12.1 Å². The number of aliphatic hydroxyl groups is 1. The van der Waals surface area contributed by atoms with Crippen molar-refractivity contribution in [1.29, 1.82) is 0 Å². The molecule has 1 rings (SSSR count). The highest BCUT2D eigenvalue weighted by Crippen LogP contribution is 2.17. The van der Waals surface area contributed by atoms with Gasteiger partial charge in [-0.05, 0) is 26.0 Å². The lowest BCUT2D eigenvalue weighted by Gasteiger charge is -2.11. The van der Waals surface area contributed by atoms with Crippen molar-refractivity contribution in [3.8, 4) is 5.75 Å². The van der Waals surface area contributed by atoms with Gasteiger partial charge >= 0.3 is 0 Å². The summed E-state index contributed by atoms with van der Waals surface area (Å²) in [5.74, 6) is 0.812. The number of para-hydroxylation sites is 1. The Balaban J connectivity index is 2.66. The summed E-state index contributed by atoms with van der Waals surface area (Å²) < 4.78 is 5.63. The van der Waals surface area contributed by atoms with Crippen LogP contribution in [-0.2, 0) is 0 Å². The van der Waals surface area contributed by atoms with Crippen molar-refractivity contribution in [3.63, 3.8) is 0 Å². The maximum absolute atomic E-state index is 8.58. The van der Waals surface area contributed by atoms with Gasteiger partial charge in [0.05, 0.1) is 25.5 Å². The Hall–Kier alpha value is -1.55. The molecule has 2 N–H and O–H groups in total. The lowest BCUT2D eigenvalue weighted by atomic mass is 10.2. The van der Waals surface area contributed by atoms with Gasteiger partial charge in [-0.2, -0.15) is 5.10 Å². The summed E-state index contributed by atoms with van der Waals surface area (Å²) >= 11 is 0. The highest BCUT2D eigenvalue weighted by molar-refractivity contribution is 5.83. The lowest BCUT2D eigenvalue weighted by Crippen LogP contribution is -2.12. The normalized spacial score (nSPS) is 11.0. The standard InChI is InChI=1S/C12H18N2O2/c1-10(2)16-12-6-4-3-5-11(12)9-14-13-7-8-15/h3-6,9-10,13,15H,7-8H2,1-2H3. The van der Waals surface area contributed by atoms with E-state index in [1.807, 2.05) is 38.1 Å². The molecule has 0 amide bonds. The molecule has 0 aliphatic rings. The molecule has 4 heteroatoms. The van der Waals surface area contributed by atoms with E-state index in [9.17, 15) is 0 Å². The summed E-state index contributed by atoms with van der Waals surface area (Å²) in [6.45, 7) is 4.49. The number of nitrogens with zero attached hydrogens (tertiary/aromatic N) is 1. The number of ether oxygens (including phenoxy) is 1. The number of hydrogen-bond acceptors (Lipinski definition) is 4. The summed E-state index contributed by atoms with van der Waals surface area (Å²) in [6.07, 6.45) is 1.83. The van der Waals surface area contributed by atoms with Crippen LogP contribution >= 0.6 is 0 Å². The lowest BCUT2D eigenvalue weighted by molar-refractivity contribution is 0.242. The van der Waals surface area contributed by atoms with Crippen LogP contribution in [0.15, 0.2) is 29.4 Å². The first-order chi connectivity index (χ1) is 7.74. The minimum Gasteiger partial charge on any atom is -0.490 e. The molecular weight excluding hydrogens is 204 g/mol. The molecule has 0 aliphatic heterocycles. The van der Waals surface area contributed by atoms with E-state index >= 15 is 0 Å². The van der Waals surface area contributed by atoms with Crippen LogP contribution in [0.5, 0.6) is 5.75 Å². The van der Waals surface area contributed by atoms with Crippen LogP contribution in [-0.4, -0.2) is 30.6 Å². The van der Waals surface area contributed by atoms with E-state index in [1.54, 1.807) is 6.21 Å². The Morgan fingerprint density at radius 2 is 2.19 bits per heavy atom. The molecule has 0 unspecified atom stereocenters. The van der Waals surface area contributed by atoms with E-state index in [0.717, 1.165) is 11.3 Å². The highest BCUT2D eigenvalue weighted by Gasteiger charge is 2.01. The predicted molar refractivity (Wildman–Crippen MR) is 64.9 cm³/mol. The molecule has 0 radical (unpaired) electrons. The Morgan fingerprint density at radius 1 is 1.44 bits per heavy atom. The van der Waals surface area contributed by atoms with Crippen molar-refractivity contribution in [2.24, 2.45) is 5.10 Å². The van der Waals surface area contributed by atoms with E-state index in [0.29, 0.717) is 6.54 Å². The zero-order chi connectivity index (χ0) is 11.8. The molecule has 0 fully saturated rings. The van der Waals surface area contributed by atoms with Crippen LogP contribution < -0.4 is 10.2 Å². The smallest absolute Gasteiger partial charge is 0.128 e. The fraction of sp³-hybridized carbons (Fsp3) is 0.417. The predicted octanol–water partition coefficient (Wildman–Crippen LogP) is 1.39. The number of hydrazone groups is 1. The number of rotatable bonds is 6. The number of hydrogen-bond donors (Lipinski definition) is 2. The third-order valence-corrected chi connectivity index (χ3v) is 1.80. The zero-order valence-electron chi connectivity index (χ0n) is 9.68. The van der Waals surface area contributed by atoms with Crippen LogP contribution in [0.25, 0.3) is 0 Å². The summed E-state index contributed by atoms with van der Waals surface area (Å²) in [6, 6.07) is 7.70.